The summed E-state index contributed by atoms with van der Waals surface area (Å²) in [7, 11) is -3.96. The maximum atomic E-state index is 12.4. The van der Waals surface area contributed by atoms with Gasteiger partial charge in [-0.2, -0.15) is 0 Å². The van der Waals surface area contributed by atoms with E-state index in [2.05, 4.69) is 0 Å². The number of hydrogen-bond donors (Lipinski definition) is 1. The summed E-state index contributed by atoms with van der Waals surface area (Å²) in [4.78, 5) is 11.0. The van der Waals surface area contributed by atoms with Gasteiger partial charge in [0.15, 0.2) is 0 Å². The molecule has 0 bridgehead atoms. The second-order valence-corrected chi connectivity index (χ2v) is 6.06. The van der Waals surface area contributed by atoms with Crippen LogP contribution in [0.1, 0.15) is 11.5 Å². The fourth-order valence-electron chi connectivity index (χ4n) is 1.67. The summed E-state index contributed by atoms with van der Waals surface area (Å²) in [6, 6.07) is 10.9. The lowest BCUT2D eigenvalue weighted by Gasteiger charge is -2.05. The maximum absolute atomic E-state index is 12.4. The third-order valence-corrected chi connectivity index (χ3v) is 4.41. The number of benzene rings is 1. The van der Waals surface area contributed by atoms with E-state index in [1.807, 2.05) is 0 Å². The van der Waals surface area contributed by atoms with Gasteiger partial charge in [0.2, 0.25) is 9.84 Å². The van der Waals surface area contributed by atoms with E-state index in [-0.39, 0.29) is 10.7 Å². The first-order valence-corrected chi connectivity index (χ1v) is 7.27. The minimum absolute atomic E-state index is 0.00771. The average molecular weight is 291 g/mol. The predicted molar refractivity (Wildman–Crippen MR) is 74.2 cm³/mol. The van der Waals surface area contributed by atoms with Gasteiger partial charge in [-0.3, -0.25) is 4.79 Å². The third-order valence-electron chi connectivity index (χ3n) is 2.62. The van der Waals surface area contributed by atoms with Crippen LogP contribution in [0.5, 0.6) is 0 Å². The molecular formula is C14H13NO4S. The van der Waals surface area contributed by atoms with Crippen molar-refractivity contribution in [2.45, 2.75) is 11.8 Å². The zero-order valence-electron chi connectivity index (χ0n) is 10.7. The molecule has 5 nitrogen and oxygen atoms in total. The number of sulfone groups is 1. The van der Waals surface area contributed by atoms with E-state index < -0.39 is 20.6 Å². The van der Waals surface area contributed by atoms with Crippen molar-refractivity contribution in [2.75, 3.05) is 0 Å². The number of hydrogen-bond acceptors (Lipinski definition) is 4. The zero-order valence-corrected chi connectivity index (χ0v) is 11.6. The van der Waals surface area contributed by atoms with E-state index >= 15 is 0 Å². The lowest BCUT2D eigenvalue weighted by atomic mass is 10.4. The number of rotatable bonds is 4. The molecule has 0 saturated carbocycles. The van der Waals surface area contributed by atoms with Crippen molar-refractivity contribution in [1.82, 2.24) is 0 Å². The Morgan fingerprint density at radius 2 is 1.80 bits per heavy atom. The van der Waals surface area contributed by atoms with Crippen molar-refractivity contribution >= 4 is 21.8 Å². The molecule has 2 rings (SSSR count). The van der Waals surface area contributed by atoms with E-state index in [1.165, 1.54) is 12.1 Å². The summed E-state index contributed by atoms with van der Waals surface area (Å²) in [5.41, 5.74) is 5.19. The lowest BCUT2D eigenvalue weighted by Crippen LogP contribution is -2.21. The standard InChI is InChI=1S/C14H13NO4S/c1-10-7-8-11(19-10)9-13(14(15)16)20(17,18)12-5-3-2-4-6-12/h2-9H,1H3,(H2,15,16)/b13-9+. The van der Waals surface area contributed by atoms with Gasteiger partial charge in [0.05, 0.1) is 4.90 Å². The van der Waals surface area contributed by atoms with Crippen LogP contribution in [0.4, 0.5) is 0 Å². The van der Waals surface area contributed by atoms with E-state index in [1.54, 1.807) is 37.3 Å². The van der Waals surface area contributed by atoms with E-state index in [9.17, 15) is 13.2 Å². The number of furan rings is 1. The SMILES string of the molecule is Cc1ccc(/C=C(\C(N)=O)S(=O)(=O)c2ccccc2)o1. The molecule has 1 amide bonds. The molecule has 2 aromatic rings. The van der Waals surface area contributed by atoms with Crippen LogP contribution in [0.15, 0.2) is 56.7 Å². The molecule has 0 spiro atoms. The lowest BCUT2D eigenvalue weighted by molar-refractivity contribution is -0.113. The monoisotopic (exact) mass is 291 g/mol. The predicted octanol–water partition coefficient (Wildman–Crippen LogP) is 1.89. The highest BCUT2D eigenvalue weighted by Gasteiger charge is 2.25. The summed E-state index contributed by atoms with van der Waals surface area (Å²) >= 11 is 0. The summed E-state index contributed by atoms with van der Waals surface area (Å²) < 4.78 is 30.0. The first-order valence-electron chi connectivity index (χ1n) is 5.79. The second-order valence-electron chi connectivity index (χ2n) is 4.14. The van der Waals surface area contributed by atoms with Gasteiger partial charge in [-0.05, 0) is 31.2 Å². The Labute approximate surface area is 116 Å². The van der Waals surface area contributed by atoms with Crippen molar-refractivity contribution in [3.63, 3.8) is 0 Å². The number of primary amides is 1. The molecule has 104 valence electrons. The van der Waals surface area contributed by atoms with Crippen LogP contribution in [0, 0.1) is 6.92 Å². The Morgan fingerprint density at radius 3 is 2.30 bits per heavy atom. The van der Waals surface area contributed by atoms with Gasteiger partial charge in [-0.15, -0.1) is 0 Å². The van der Waals surface area contributed by atoms with Crippen LogP contribution in [-0.2, 0) is 14.6 Å². The van der Waals surface area contributed by atoms with Crippen LogP contribution in [0.25, 0.3) is 6.08 Å². The van der Waals surface area contributed by atoms with Crippen molar-refractivity contribution in [1.29, 1.82) is 0 Å². The smallest absolute Gasteiger partial charge is 0.260 e. The molecule has 1 aromatic heterocycles. The Balaban J connectivity index is 2.55. The quantitative estimate of drug-likeness (QED) is 0.871. The van der Waals surface area contributed by atoms with Crippen molar-refractivity contribution in [3.8, 4) is 0 Å². The molecule has 20 heavy (non-hydrogen) atoms. The number of nitrogens with two attached hydrogens (primary N) is 1. The molecular weight excluding hydrogens is 278 g/mol. The van der Waals surface area contributed by atoms with Crippen LogP contribution < -0.4 is 5.73 Å². The molecule has 6 heteroatoms. The molecule has 0 aliphatic carbocycles. The van der Waals surface area contributed by atoms with Gasteiger partial charge in [0, 0.05) is 6.08 Å². The number of amides is 1. The topological polar surface area (TPSA) is 90.4 Å². The van der Waals surface area contributed by atoms with Crippen molar-refractivity contribution in [3.05, 3.63) is 58.9 Å². The normalized spacial score (nSPS) is 12.3. The highest BCUT2D eigenvalue weighted by Crippen LogP contribution is 2.21. The van der Waals surface area contributed by atoms with Crippen LogP contribution >= 0.6 is 0 Å². The average Bonchev–Trinajstić information content (AvgIpc) is 2.82. The molecule has 0 saturated heterocycles. The van der Waals surface area contributed by atoms with Crippen molar-refractivity contribution in [2.24, 2.45) is 5.73 Å². The summed E-state index contributed by atoms with van der Waals surface area (Å²) in [6.45, 7) is 1.72. The fourth-order valence-corrected chi connectivity index (χ4v) is 2.97. The largest absolute Gasteiger partial charge is 0.462 e. The molecule has 1 heterocycles. The van der Waals surface area contributed by atoms with E-state index in [0.29, 0.717) is 5.76 Å². The highest BCUT2D eigenvalue weighted by molar-refractivity contribution is 7.96. The van der Waals surface area contributed by atoms with Crippen molar-refractivity contribution < 1.29 is 17.6 Å². The Morgan fingerprint density at radius 1 is 1.15 bits per heavy atom. The summed E-state index contributed by atoms with van der Waals surface area (Å²) in [6.07, 6.45) is 1.14. The van der Waals surface area contributed by atoms with Gasteiger partial charge in [0.1, 0.15) is 16.4 Å². The minimum Gasteiger partial charge on any atom is -0.462 e. The maximum Gasteiger partial charge on any atom is 0.260 e. The van der Waals surface area contributed by atoms with Gasteiger partial charge in [0.25, 0.3) is 5.91 Å². The number of aryl methyl sites for hydroxylation is 1. The van der Waals surface area contributed by atoms with E-state index in [4.69, 9.17) is 10.2 Å². The molecule has 0 radical (unpaired) electrons. The molecule has 0 atom stereocenters. The van der Waals surface area contributed by atoms with Gasteiger partial charge < -0.3 is 10.2 Å². The molecule has 0 aliphatic heterocycles. The van der Waals surface area contributed by atoms with Gasteiger partial charge in [-0.25, -0.2) is 8.42 Å². The molecule has 0 unspecified atom stereocenters. The van der Waals surface area contributed by atoms with Crippen LogP contribution in [0.3, 0.4) is 0 Å². The molecule has 0 aliphatic rings. The summed E-state index contributed by atoms with van der Waals surface area (Å²) in [5.74, 6) is -0.157. The Kier molecular flexibility index (Phi) is 3.76. The molecule has 0 fully saturated rings. The zero-order chi connectivity index (χ0) is 14.8. The van der Waals surface area contributed by atoms with Crippen LogP contribution in [0.2, 0.25) is 0 Å². The number of carbonyl (C=O) groups is 1. The summed E-state index contributed by atoms with van der Waals surface area (Å²) in [5, 5.41) is 0. The van der Waals surface area contributed by atoms with Gasteiger partial charge in [-0.1, -0.05) is 18.2 Å². The first-order chi connectivity index (χ1) is 9.41. The molecule has 1 aromatic carbocycles. The molecule has 2 N–H and O–H groups in total. The Bertz CT molecular complexity index is 757. The minimum atomic E-state index is -3.96. The van der Waals surface area contributed by atoms with E-state index in [0.717, 1.165) is 6.08 Å². The highest BCUT2D eigenvalue weighted by atomic mass is 32.2. The second kappa shape index (κ2) is 5.34. The first kappa shape index (κ1) is 14.1. The van der Waals surface area contributed by atoms with Crippen LogP contribution in [-0.4, -0.2) is 14.3 Å². The van der Waals surface area contributed by atoms with Gasteiger partial charge >= 0.3 is 0 Å². The third kappa shape index (κ3) is 2.80. The number of carbonyl (C=O) groups excluding carboxylic acids is 1. The fraction of sp³-hybridized carbons (Fsp3) is 0.0714. The Hall–Kier alpha value is -2.34.